The molecule has 0 aliphatic heterocycles. The fourth-order valence-corrected chi connectivity index (χ4v) is 4.47. The normalized spacial score (nSPS) is 17.6. The van der Waals surface area contributed by atoms with Crippen LogP contribution in [-0.4, -0.2) is 15.9 Å². The summed E-state index contributed by atoms with van der Waals surface area (Å²) in [5, 5.41) is 10.7. The van der Waals surface area contributed by atoms with Crippen LogP contribution in [0, 0.1) is 6.07 Å². The van der Waals surface area contributed by atoms with Crippen LogP contribution in [0.15, 0.2) is 64.9 Å². The van der Waals surface area contributed by atoms with Crippen molar-refractivity contribution in [3.63, 3.8) is 0 Å². The molecule has 2 heterocycles. The topological polar surface area (TPSA) is 63.3 Å². The third-order valence-electron chi connectivity index (χ3n) is 6.06. The fourth-order valence-electron chi connectivity index (χ4n) is 4.47. The number of benzene rings is 2. The Morgan fingerprint density at radius 3 is 2.36 bits per heavy atom. The zero-order valence-corrected chi connectivity index (χ0v) is 21.7. The number of carbonyl (C=O) groups is 1. The summed E-state index contributed by atoms with van der Waals surface area (Å²) in [5.41, 5.74) is 6.61. The number of furan rings is 1. The molecule has 33 heavy (non-hydrogen) atoms. The van der Waals surface area contributed by atoms with E-state index >= 15 is 0 Å². The Labute approximate surface area is 208 Å². The Kier molecular flexibility index (Phi) is 7.88. The van der Waals surface area contributed by atoms with E-state index in [-0.39, 0.29) is 31.6 Å². The number of allylic oxidation sites excluding steroid dienone is 2. The quantitative estimate of drug-likeness (QED) is 0.144. The molecular formula is C28H28IrNO3-. The van der Waals surface area contributed by atoms with Crippen molar-refractivity contribution in [1.29, 1.82) is 0 Å². The van der Waals surface area contributed by atoms with E-state index in [1.807, 2.05) is 30.5 Å². The number of pyridine rings is 1. The SMILES string of the molecule is CC(=O)/C=C(/C)O.CC1CCC(C)c2cc3c(cc21)oc1c(-c2[c-]cccc2)nccc13.[Ir]. The molecule has 4 aromatic rings. The predicted octanol–water partition coefficient (Wildman–Crippen LogP) is 7.48. The molecule has 2 aromatic carbocycles. The summed E-state index contributed by atoms with van der Waals surface area (Å²) in [5.74, 6) is 1.15. The van der Waals surface area contributed by atoms with Crippen molar-refractivity contribution >= 4 is 27.7 Å². The molecule has 0 bridgehead atoms. The van der Waals surface area contributed by atoms with Crippen LogP contribution >= 0.6 is 0 Å². The molecule has 1 aliphatic carbocycles. The van der Waals surface area contributed by atoms with Gasteiger partial charge in [0, 0.05) is 48.8 Å². The number of hydrogen-bond donors (Lipinski definition) is 1. The molecule has 1 radical (unpaired) electrons. The Morgan fingerprint density at radius 1 is 1.09 bits per heavy atom. The van der Waals surface area contributed by atoms with Crippen molar-refractivity contribution in [2.75, 3.05) is 0 Å². The molecule has 1 aliphatic rings. The first-order valence-corrected chi connectivity index (χ1v) is 11.0. The van der Waals surface area contributed by atoms with Gasteiger partial charge in [0.2, 0.25) is 0 Å². The number of carbonyl (C=O) groups excluding carboxylic acids is 1. The van der Waals surface area contributed by atoms with E-state index in [4.69, 9.17) is 9.52 Å². The van der Waals surface area contributed by atoms with Crippen molar-refractivity contribution in [3.8, 4) is 11.3 Å². The standard InChI is InChI=1S/C23H20NO.C5H8O2.Ir/c1-14-8-9-15(2)19-13-21-20(12-18(14)19)17-10-11-24-22(23(17)25-21)16-6-4-3-5-7-16;1-4(6)3-5(2)7;/h3-6,10-15H,8-9H2,1-2H3;3,6H,1-2H3;/q-1;;/b;4-3-;. The summed E-state index contributed by atoms with van der Waals surface area (Å²) >= 11 is 0. The van der Waals surface area contributed by atoms with Gasteiger partial charge < -0.3 is 14.5 Å². The van der Waals surface area contributed by atoms with E-state index in [0.29, 0.717) is 11.8 Å². The first-order chi connectivity index (χ1) is 15.3. The molecule has 0 saturated carbocycles. The van der Waals surface area contributed by atoms with E-state index in [2.05, 4.69) is 43.1 Å². The van der Waals surface area contributed by atoms with Crippen LogP contribution in [0.2, 0.25) is 0 Å². The van der Waals surface area contributed by atoms with Gasteiger partial charge in [0.05, 0.1) is 5.76 Å². The van der Waals surface area contributed by atoms with Gasteiger partial charge in [-0.05, 0) is 67.9 Å². The van der Waals surface area contributed by atoms with Gasteiger partial charge >= 0.3 is 0 Å². The minimum absolute atomic E-state index is 0. The average molecular weight is 619 g/mol. The Hall–Kier alpha value is -2.75. The second-order valence-corrected chi connectivity index (χ2v) is 8.67. The summed E-state index contributed by atoms with van der Waals surface area (Å²) in [7, 11) is 0. The number of hydrogen-bond acceptors (Lipinski definition) is 4. The van der Waals surface area contributed by atoms with Gasteiger partial charge in [0.1, 0.15) is 11.2 Å². The van der Waals surface area contributed by atoms with Gasteiger partial charge in [-0.2, -0.15) is 0 Å². The molecule has 173 valence electrons. The van der Waals surface area contributed by atoms with Crippen molar-refractivity contribution in [2.45, 2.75) is 52.4 Å². The van der Waals surface area contributed by atoms with Crippen LogP contribution in [0.1, 0.15) is 63.5 Å². The average Bonchev–Trinajstić information content (AvgIpc) is 3.13. The second-order valence-electron chi connectivity index (χ2n) is 8.67. The first kappa shape index (κ1) is 24.9. The van der Waals surface area contributed by atoms with Crippen molar-refractivity contribution < 1.29 is 34.4 Å². The molecule has 4 nitrogen and oxygen atoms in total. The minimum Gasteiger partial charge on any atom is -0.512 e. The maximum atomic E-state index is 10.0. The molecule has 2 aromatic heterocycles. The Balaban J connectivity index is 0.000000337. The van der Waals surface area contributed by atoms with Gasteiger partial charge in [-0.3, -0.25) is 4.79 Å². The number of fused-ring (bicyclic) bond motifs is 4. The molecule has 2 atom stereocenters. The fraction of sp³-hybridized carbons (Fsp3) is 0.286. The molecule has 0 spiro atoms. The number of aromatic nitrogens is 1. The summed E-state index contributed by atoms with van der Waals surface area (Å²) in [6, 6.07) is 17.9. The van der Waals surface area contributed by atoms with Gasteiger partial charge in [-0.25, -0.2) is 0 Å². The van der Waals surface area contributed by atoms with E-state index < -0.39 is 0 Å². The molecule has 1 N–H and O–H groups in total. The first-order valence-electron chi connectivity index (χ1n) is 11.0. The third kappa shape index (κ3) is 5.26. The summed E-state index contributed by atoms with van der Waals surface area (Å²) in [4.78, 5) is 14.6. The maximum absolute atomic E-state index is 10.0. The zero-order chi connectivity index (χ0) is 22.8. The van der Waals surface area contributed by atoms with Crippen LogP contribution < -0.4 is 0 Å². The van der Waals surface area contributed by atoms with Crippen molar-refractivity contribution in [1.82, 2.24) is 4.98 Å². The summed E-state index contributed by atoms with van der Waals surface area (Å²) < 4.78 is 6.31. The van der Waals surface area contributed by atoms with Crippen LogP contribution in [0.25, 0.3) is 33.2 Å². The number of nitrogens with zero attached hydrogens (tertiary/aromatic N) is 1. The predicted molar refractivity (Wildman–Crippen MR) is 129 cm³/mol. The third-order valence-corrected chi connectivity index (χ3v) is 6.06. The molecular weight excluding hydrogens is 591 g/mol. The van der Waals surface area contributed by atoms with Gasteiger partial charge in [-0.1, -0.05) is 13.8 Å². The van der Waals surface area contributed by atoms with E-state index in [1.54, 1.807) is 0 Å². The molecule has 0 amide bonds. The number of ketones is 1. The smallest absolute Gasteiger partial charge is 0.155 e. The maximum Gasteiger partial charge on any atom is 0.155 e. The van der Waals surface area contributed by atoms with Gasteiger partial charge in [-0.15, -0.1) is 35.9 Å². The van der Waals surface area contributed by atoms with Crippen LogP contribution in [-0.2, 0) is 24.9 Å². The Bertz CT molecular complexity index is 1300. The largest absolute Gasteiger partial charge is 0.512 e. The summed E-state index contributed by atoms with van der Waals surface area (Å²) in [6.45, 7) is 7.51. The monoisotopic (exact) mass is 619 g/mol. The van der Waals surface area contributed by atoms with E-state index in [9.17, 15) is 4.79 Å². The van der Waals surface area contributed by atoms with E-state index in [0.717, 1.165) is 27.8 Å². The summed E-state index contributed by atoms with van der Waals surface area (Å²) in [6.07, 6.45) is 5.56. The Morgan fingerprint density at radius 2 is 1.79 bits per heavy atom. The molecule has 5 rings (SSSR count). The number of aliphatic hydroxyl groups is 1. The van der Waals surface area contributed by atoms with Crippen LogP contribution in [0.5, 0.6) is 0 Å². The van der Waals surface area contributed by atoms with E-state index in [1.165, 1.54) is 49.3 Å². The van der Waals surface area contributed by atoms with Crippen LogP contribution in [0.4, 0.5) is 0 Å². The van der Waals surface area contributed by atoms with Crippen LogP contribution in [0.3, 0.4) is 0 Å². The molecule has 0 saturated heterocycles. The molecule has 2 unspecified atom stereocenters. The molecule has 5 heteroatoms. The zero-order valence-electron chi connectivity index (χ0n) is 19.3. The minimum atomic E-state index is -0.125. The van der Waals surface area contributed by atoms with Crippen molar-refractivity contribution in [3.05, 3.63) is 77.7 Å². The van der Waals surface area contributed by atoms with Gasteiger partial charge in [0.15, 0.2) is 5.78 Å². The van der Waals surface area contributed by atoms with Gasteiger partial charge in [0.25, 0.3) is 0 Å². The molecule has 0 fully saturated rings. The number of aliphatic hydroxyl groups excluding tert-OH is 1. The number of rotatable bonds is 2. The van der Waals surface area contributed by atoms with Crippen molar-refractivity contribution in [2.24, 2.45) is 0 Å². The second kappa shape index (κ2) is 10.5.